The Kier molecular flexibility index (Phi) is 12.6. The van der Waals surface area contributed by atoms with Crippen molar-refractivity contribution < 1.29 is 19.2 Å². The average Bonchev–Trinajstić information content (AvgIpc) is 3.01. The summed E-state index contributed by atoms with van der Waals surface area (Å²) in [7, 11) is 1.64. The molecule has 1 aromatic heterocycles. The fraction of sp³-hybridized carbons (Fsp3) is 0.433. The quantitative estimate of drug-likeness (QED) is 0.198. The van der Waals surface area contributed by atoms with Crippen molar-refractivity contribution in [3.05, 3.63) is 53.7 Å². The minimum atomic E-state index is -1.24. The molecule has 0 amide bonds. The zero-order chi connectivity index (χ0) is 31.1. The first kappa shape index (κ1) is 34.7. The molecule has 244 valence electrons. The summed E-state index contributed by atoms with van der Waals surface area (Å²) >= 11 is 5.17. The number of carboxylic acid groups (broad SMARTS) is 1. The van der Waals surface area contributed by atoms with E-state index in [9.17, 15) is 9.35 Å². The number of carbonyl (C=O) groups is 1. The number of aliphatic carboxylic acids is 1. The third kappa shape index (κ3) is 9.65. The Bertz CT molecular complexity index is 1420. The highest BCUT2D eigenvalue weighted by atomic mass is 35.5. The molecule has 2 fully saturated rings. The minimum absolute atomic E-state index is 0. The Balaban J connectivity index is 0.00000461. The number of para-hydroxylation sites is 2. The van der Waals surface area contributed by atoms with Gasteiger partial charge in [0.1, 0.15) is 22.7 Å². The van der Waals surface area contributed by atoms with E-state index >= 15 is 0 Å². The van der Waals surface area contributed by atoms with Crippen molar-refractivity contribution in [3.8, 4) is 5.75 Å². The molecule has 0 aliphatic carbocycles. The molecule has 12 nitrogen and oxygen atoms in total. The van der Waals surface area contributed by atoms with E-state index in [1.807, 2.05) is 41.3 Å². The number of likely N-dealkylation sites (tertiary alicyclic amines) is 1. The van der Waals surface area contributed by atoms with Crippen LogP contribution in [0.3, 0.4) is 0 Å². The van der Waals surface area contributed by atoms with Crippen molar-refractivity contribution in [2.75, 3.05) is 86.0 Å². The summed E-state index contributed by atoms with van der Waals surface area (Å²) in [5, 5.41) is 15.8. The van der Waals surface area contributed by atoms with E-state index in [0.29, 0.717) is 39.8 Å². The van der Waals surface area contributed by atoms with Crippen LogP contribution >= 0.6 is 24.0 Å². The molecule has 5 rings (SSSR count). The molecule has 4 N–H and O–H groups in total. The van der Waals surface area contributed by atoms with Gasteiger partial charge in [0, 0.05) is 44.5 Å². The number of nitrogens with one attached hydrogen (secondary N) is 3. The maximum Gasteiger partial charge on any atom is 0.317 e. The number of rotatable bonds is 12. The lowest BCUT2D eigenvalue weighted by Gasteiger charge is -2.39. The molecular formula is C30H40Cl2N8O4S. The van der Waals surface area contributed by atoms with Crippen molar-refractivity contribution in [2.45, 2.75) is 12.8 Å². The molecule has 15 heteroatoms. The monoisotopic (exact) mass is 678 g/mol. The number of anilines is 6. The van der Waals surface area contributed by atoms with Crippen LogP contribution in [-0.4, -0.2) is 101 Å². The van der Waals surface area contributed by atoms with Gasteiger partial charge in [0.2, 0.25) is 5.95 Å². The molecule has 1 unspecified atom stereocenters. The van der Waals surface area contributed by atoms with E-state index in [0.717, 1.165) is 70.0 Å². The first-order valence-electron chi connectivity index (χ1n) is 14.6. The van der Waals surface area contributed by atoms with E-state index in [4.69, 9.17) is 21.4 Å². The van der Waals surface area contributed by atoms with Gasteiger partial charge < -0.3 is 29.9 Å². The van der Waals surface area contributed by atoms with Gasteiger partial charge in [0.05, 0.1) is 42.6 Å². The van der Waals surface area contributed by atoms with Crippen LogP contribution in [0.15, 0.2) is 48.7 Å². The van der Waals surface area contributed by atoms with E-state index in [2.05, 4.69) is 41.2 Å². The van der Waals surface area contributed by atoms with Crippen molar-refractivity contribution in [1.29, 1.82) is 0 Å². The van der Waals surface area contributed by atoms with Crippen molar-refractivity contribution >= 4 is 75.9 Å². The van der Waals surface area contributed by atoms with Crippen molar-refractivity contribution in [3.63, 3.8) is 0 Å². The van der Waals surface area contributed by atoms with E-state index in [1.165, 1.54) is 6.20 Å². The average molecular weight is 680 g/mol. The maximum atomic E-state index is 11.7. The largest absolute Gasteiger partial charge is 0.593 e. The second-order valence-electron chi connectivity index (χ2n) is 11.0. The van der Waals surface area contributed by atoms with Crippen LogP contribution in [0.5, 0.6) is 5.75 Å². The number of carboxylic acids is 1. The Hall–Kier alpha value is -3.20. The molecule has 0 bridgehead atoms. The van der Waals surface area contributed by atoms with Crippen LogP contribution in [0.25, 0.3) is 0 Å². The Morgan fingerprint density at radius 2 is 1.76 bits per heavy atom. The van der Waals surface area contributed by atoms with Gasteiger partial charge >= 0.3 is 5.97 Å². The highest BCUT2D eigenvalue weighted by Gasteiger charge is 2.25. The van der Waals surface area contributed by atoms with Crippen LogP contribution in [0.4, 0.5) is 34.5 Å². The molecule has 0 spiro atoms. The maximum absolute atomic E-state index is 11.7. The van der Waals surface area contributed by atoms with Gasteiger partial charge in [-0.3, -0.25) is 14.6 Å². The minimum Gasteiger partial charge on any atom is -0.593 e. The fourth-order valence-corrected chi connectivity index (χ4v) is 6.28. The first-order valence-corrected chi connectivity index (χ1v) is 16.6. The number of aromatic nitrogens is 2. The van der Waals surface area contributed by atoms with Crippen LogP contribution in [0.2, 0.25) is 5.02 Å². The lowest BCUT2D eigenvalue weighted by Crippen LogP contribution is -2.49. The van der Waals surface area contributed by atoms with E-state index in [-0.39, 0.29) is 19.0 Å². The van der Waals surface area contributed by atoms with E-state index in [1.54, 1.807) is 13.4 Å². The predicted octanol–water partition coefficient (Wildman–Crippen LogP) is 4.67. The Labute approximate surface area is 278 Å². The number of piperazine rings is 1. The summed E-state index contributed by atoms with van der Waals surface area (Å²) in [5.41, 5.74) is 3.15. The summed E-state index contributed by atoms with van der Waals surface area (Å²) < 4.78 is 20.4. The topological polar surface area (TPSA) is 141 Å². The lowest BCUT2D eigenvalue weighted by molar-refractivity contribution is -0.138. The number of nitrogens with zero attached hydrogens (tertiary/aromatic N) is 5. The highest BCUT2D eigenvalue weighted by Crippen LogP contribution is 2.34. The number of ether oxygens (including phenoxy) is 1. The van der Waals surface area contributed by atoms with Gasteiger partial charge in [-0.25, -0.2) is 9.71 Å². The number of hydrogen-bond donors (Lipinski definition) is 4. The van der Waals surface area contributed by atoms with Crippen LogP contribution in [0.1, 0.15) is 12.8 Å². The zero-order valence-corrected chi connectivity index (χ0v) is 27.8. The molecule has 45 heavy (non-hydrogen) atoms. The number of benzene rings is 2. The Morgan fingerprint density at radius 3 is 2.42 bits per heavy atom. The summed E-state index contributed by atoms with van der Waals surface area (Å²) in [5.74, 6) is 1.29. The number of halogens is 2. The molecule has 0 saturated carbocycles. The molecule has 0 radical (unpaired) electrons. The molecule has 2 aliphatic rings. The smallest absolute Gasteiger partial charge is 0.317 e. The molecule has 3 heterocycles. The standard InChI is InChI=1S/C30H39ClN8O4S.ClH/c1-43-27-17-22(39-15-13-38(14-16-39)19-21-9-11-37(12-10-21)20-28(40)41)7-8-26(27)34-30-32-18-23(31)29(35-30)33-24-5-3-4-6-25(24)36-44(2)42;/h3-8,17-18,21,36H,9-16,19-20H2,1-2H3,(H,40,41)(H2,32,33,34,35);1H. The second kappa shape index (κ2) is 16.4. The molecule has 2 saturated heterocycles. The van der Waals surface area contributed by atoms with Gasteiger partial charge in [-0.05, 0) is 56.1 Å². The molecule has 2 aliphatic heterocycles. The molecule has 2 aromatic carbocycles. The van der Waals surface area contributed by atoms with Gasteiger partial charge in [0.25, 0.3) is 0 Å². The van der Waals surface area contributed by atoms with Crippen LogP contribution in [0, 0.1) is 5.92 Å². The van der Waals surface area contributed by atoms with Gasteiger partial charge in [-0.15, -0.1) is 12.4 Å². The summed E-state index contributed by atoms with van der Waals surface area (Å²) in [6.45, 7) is 6.76. The highest BCUT2D eigenvalue weighted by molar-refractivity contribution is 7.92. The number of hydrogen-bond acceptors (Lipinski definition) is 11. The molecule has 1 atom stereocenters. The third-order valence-electron chi connectivity index (χ3n) is 7.93. The lowest BCUT2D eigenvalue weighted by atomic mass is 9.96. The summed E-state index contributed by atoms with van der Waals surface area (Å²) in [6, 6.07) is 13.4. The van der Waals surface area contributed by atoms with Gasteiger partial charge in [0.15, 0.2) is 5.82 Å². The Morgan fingerprint density at radius 1 is 1.04 bits per heavy atom. The third-order valence-corrected chi connectivity index (χ3v) is 8.71. The zero-order valence-electron chi connectivity index (χ0n) is 25.4. The summed E-state index contributed by atoms with van der Waals surface area (Å²) in [6.07, 6.45) is 5.19. The molecular weight excluding hydrogens is 639 g/mol. The molecule has 3 aromatic rings. The van der Waals surface area contributed by atoms with Crippen LogP contribution < -0.4 is 25.0 Å². The SMILES string of the molecule is COc1cc(N2CCN(CC3CCN(CC(=O)O)CC3)CC2)ccc1Nc1ncc(Cl)c(Nc2ccccc2N[S+](C)[O-])n1.Cl. The summed E-state index contributed by atoms with van der Waals surface area (Å²) in [4.78, 5) is 26.8. The van der Waals surface area contributed by atoms with Gasteiger partial charge in [-0.2, -0.15) is 4.98 Å². The predicted molar refractivity (Wildman–Crippen MR) is 183 cm³/mol. The van der Waals surface area contributed by atoms with Crippen molar-refractivity contribution in [1.82, 2.24) is 19.8 Å². The van der Waals surface area contributed by atoms with E-state index < -0.39 is 17.3 Å². The van der Waals surface area contributed by atoms with Crippen LogP contribution in [-0.2, 0) is 16.2 Å². The number of piperidine rings is 1. The number of methoxy groups -OCH3 is 1. The van der Waals surface area contributed by atoms with Crippen molar-refractivity contribution in [2.24, 2.45) is 5.92 Å². The normalized spacial score (nSPS) is 16.8. The van der Waals surface area contributed by atoms with Gasteiger partial charge in [-0.1, -0.05) is 23.7 Å². The fourth-order valence-electron chi connectivity index (χ4n) is 5.65. The first-order chi connectivity index (χ1) is 21.3. The second-order valence-corrected chi connectivity index (χ2v) is 12.5.